The van der Waals surface area contributed by atoms with E-state index in [1.54, 1.807) is 5.01 Å². The maximum atomic E-state index is 10.8. The molecule has 1 fully saturated rings. The molecule has 1 aliphatic rings. The first-order chi connectivity index (χ1) is 6.29. The van der Waals surface area contributed by atoms with Gasteiger partial charge in [-0.25, -0.2) is 4.79 Å². The Bertz CT molecular complexity index is 383. The lowest BCUT2D eigenvalue weighted by atomic mass is 10.5. The molecule has 13 heavy (non-hydrogen) atoms. The molecule has 0 aromatic carbocycles. The Labute approximate surface area is 72.9 Å². The van der Waals surface area contributed by atoms with Gasteiger partial charge in [0.25, 0.3) is 5.49 Å². The molecule has 1 saturated heterocycles. The summed E-state index contributed by atoms with van der Waals surface area (Å²) in [6, 6.07) is 0. The minimum atomic E-state index is -0.661. The Morgan fingerprint density at radius 1 is 1.38 bits per heavy atom. The fourth-order valence-corrected chi connectivity index (χ4v) is 1.22. The van der Waals surface area contributed by atoms with Crippen LogP contribution < -0.4 is 16.1 Å². The Hall–Kier alpha value is -1.50. The second-order valence-electron chi connectivity index (χ2n) is 2.71. The minimum absolute atomic E-state index is 0.193. The average molecular weight is 186 g/mol. The van der Waals surface area contributed by atoms with E-state index in [1.807, 2.05) is 0 Å². The van der Waals surface area contributed by atoms with E-state index in [1.165, 1.54) is 4.79 Å². The Morgan fingerprint density at radius 2 is 2.08 bits per heavy atom. The molecule has 0 saturated carbocycles. The van der Waals surface area contributed by atoms with Crippen LogP contribution >= 0.6 is 0 Å². The number of morpholine rings is 1. The molecular weight excluding hydrogens is 176 g/mol. The highest BCUT2D eigenvalue weighted by Crippen LogP contribution is 1.91. The highest BCUT2D eigenvalue weighted by molar-refractivity contribution is 4.84. The van der Waals surface area contributed by atoms with Crippen molar-refractivity contribution in [3.8, 4) is 0 Å². The molecule has 7 heteroatoms. The number of H-pyrrole nitrogens is 1. The molecule has 7 nitrogen and oxygen atoms in total. The van der Waals surface area contributed by atoms with Crippen LogP contribution in [0.15, 0.2) is 9.32 Å². The van der Waals surface area contributed by atoms with Crippen LogP contribution in [0.4, 0.5) is 0 Å². The van der Waals surface area contributed by atoms with Gasteiger partial charge in [0.15, 0.2) is 0 Å². The summed E-state index contributed by atoms with van der Waals surface area (Å²) in [6.45, 7) is 2.48. The summed E-state index contributed by atoms with van der Waals surface area (Å²) in [7, 11) is 0. The zero-order chi connectivity index (χ0) is 9.26. The van der Waals surface area contributed by atoms with Crippen molar-refractivity contribution in [3.63, 3.8) is 0 Å². The largest absolute Gasteiger partial charge is 0.403 e. The quantitative estimate of drug-likeness (QED) is 0.542. The van der Waals surface area contributed by atoms with Gasteiger partial charge in [-0.1, -0.05) is 0 Å². The minimum Gasteiger partial charge on any atom is -0.378 e. The summed E-state index contributed by atoms with van der Waals surface area (Å²) in [4.78, 5) is 12.1. The van der Waals surface area contributed by atoms with Crippen molar-refractivity contribution < 1.29 is 9.26 Å². The van der Waals surface area contributed by atoms with Crippen molar-refractivity contribution in [1.29, 1.82) is 5.41 Å². The summed E-state index contributed by atoms with van der Waals surface area (Å²) in [6.07, 6.45) is 0. The molecule has 2 rings (SSSR count). The molecule has 0 atom stereocenters. The molecule has 1 aromatic rings. The molecule has 1 aliphatic heterocycles. The molecule has 1 aromatic heterocycles. The van der Waals surface area contributed by atoms with Gasteiger partial charge in [0.05, 0.1) is 26.3 Å². The van der Waals surface area contributed by atoms with Gasteiger partial charge in [0, 0.05) is 0 Å². The second-order valence-corrected chi connectivity index (χ2v) is 2.71. The van der Waals surface area contributed by atoms with Gasteiger partial charge in [-0.3, -0.25) is 10.4 Å². The predicted octanol–water partition coefficient (Wildman–Crippen LogP) is -1.78. The van der Waals surface area contributed by atoms with Crippen LogP contribution in [0.1, 0.15) is 0 Å². The van der Waals surface area contributed by atoms with Crippen molar-refractivity contribution in [2.75, 3.05) is 31.3 Å². The van der Waals surface area contributed by atoms with Crippen molar-refractivity contribution in [2.45, 2.75) is 0 Å². The van der Waals surface area contributed by atoms with Gasteiger partial charge >= 0.3 is 5.63 Å². The third-order valence-corrected chi connectivity index (χ3v) is 1.90. The lowest BCUT2D eigenvalue weighted by Crippen LogP contribution is -2.50. The maximum Gasteiger partial charge on any atom is 0.403 e. The van der Waals surface area contributed by atoms with Crippen LogP contribution in [-0.4, -0.2) is 36.4 Å². The number of aromatic amines is 1. The summed E-state index contributed by atoms with van der Waals surface area (Å²) in [5, 5.41) is 11.5. The third kappa shape index (κ3) is 1.37. The number of nitrogens with zero attached hydrogens (tertiary/aromatic N) is 2. The van der Waals surface area contributed by atoms with Crippen LogP contribution in [-0.2, 0) is 4.74 Å². The van der Waals surface area contributed by atoms with E-state index in [2.05, 4.69) is 9.79 Å². The van der Waals surface area contributed by atoms with E-state index in [0.29, 0.717) is 26.3 Å². The number of aromatic nitrogens is 2. The number of hydrogen-bond donors (Lipinski definition) is 2. The first-order valence-electron chi connectivity index (χ1n) is 3.97. The highest BCUT2D eigenvalue weighted by atomic mass is 16.5. The zero-order valence-electron chi connectivity index (χ0n) is 6.95. The highest BCUT2D eigenvalue weighted by Gasteiger charge is 2.13. The molecule has 0 radical (unpaired) electrons. The van der Waals surface area contributed by atoms with E-state index < -0.39 is 5.63 Å². The fraction of sp³-hybridized carbons (Fsp3) is 0.667. The van der Waals surface area contributed by atoms with E-state index in [9.17, 15) is 4.79 Å². The Balaban J connectivity index is 2.29. The topological polar surface area (TPSA) is 87.2 Å². The molecule has 0 amide bonds. The lowest BCUT2D eigenvalue weighted by molar-refractivity contribution is 0.105. The molecule has 72 valence electrons. The Kier molecular flexibility index (Phi) is 1.93. The Morgan fingerprint density at radius 3 is 2.62 bits per heavy atom. The molecule has 0 bridgehead atoms. The zero-order valence-corrected chi connectivity index (χ0v) is 6.95. The van der Waals surface area contributed by atoms with Gasteiger partial charge in [-0.2, -0.15) is 0 Å². The second kappa shape index (κ2) is 3.09. The maximum absolute atomic E-state index is 10.8. The third-order valence-electron chi connectivity index (χ3n) is 1.90. The van der Waals surface area contributed by atoms with Gasteiger partial charge < -0.3 is 9.26 Å². The van der Waals surface area contributed by atoms with E-state index in [0.717, 1.165) is 0 Å². The van der Waals surface area contributed by atoms with Gasteiger partial charge in [-0.05, 0) is 0 Å². The van der Waals surface area contributed by atoms with E-state index in [-0.39, 0.29) is 5.49 Å². The monoisotopic (exact) mass is 186 g/mol. The first-order valence-corrected chi connectivity index (χ1v) is 3.97. The van der Waals surface area contributed by atoms with E-state index >= 15 is 0 Å². The summed E-state index contributed by atoms with van der Waals surface area (Å²) in [5.74, 6) is 0. The van der Waals surface area contributed by atoms with Crippen LogP contribution in [0.3, 0.4) is 0 Å². The van der Waals surface area contributed by atoms with Crippen LogP contribution in [0.25, 0.3) is 0 Å². The normalized spacial score (nSPS) is 17.7. The smallest absolute Gasteiger partial charge is 0.378 e. The van der Waals surface area contributed by atoms with Crippen molar-refractivity contribution >= 4 is 0 Å². The molecule has 0 aliphatic carbocycles. The van der Waals surface area contributed by atoms with Gasteiger partial charge in [-0.15, -0.1) is 10.1 Å². The number of ether oxygens (including phenoxy) is 1. The molecule has 2 heterocycles. The molecular formula is C6H10N4O3. The van der Waals surface area contributed by atoms with Crippen molar-refractivity contribution in [3.05, 3.63) is 15.9 Å². The van der Waals surface area contributed by atoms with Gasteiger partial charge in [0.1, 0.15) is 0 Å². The lowest BCUT2D eigenvalue weighted by Gasteiger charge is -2.27. The van der Waals surface area contributed by atoms with Crippen LogP contribution in [0.2, 0.25) is 0 Å². The number of hydrogen-bond acceptors (Lipinski definition) is 5. The molecule has 2 N–H and O–H groups in total. The predicted molar refractivity (Wildman–Crippen MR) is 41.9 cm³/mol. The van der Waals surface area contributed by atoms with Crippen LogP contribution in [0, 0.1) is 5.41 Å². The SMILES string of the molecule is N=c1c(=O)o[nH]n1N1CCOCC1. The summed E-state index contributed by atoms with van der Waals surface area (Å²) < 4.78 is 9.59. The van der Waals surface area contributed by atoms with Crippen LogP contribution in [0.5, 0.6) is 0 Å². The summed E-state index contributed by atoms with van der Waals surface area (Å²) in [5.41, 5.74) is -0.853. The van der Waals surface area contributed by atoms with Gasteiger partial charge in [0.2, 0.25) is 0 Å². The molecule has 0 unspecified atom stereocenters. The first kappa shape index (κ1) is 8.11. The summed E-state index contributed by atoms with van der Waals surface area (Å²) >= 11 is 0. The standard InChI is InChI=1S/C6H10N4O3/c7-5-6(11)13-8-10(5)9-1-3-12-4-2-9/h7-8H,1-4H2. The number of rotatable bonds is 1. The van der Waals surface area contributed by atoms with Crippen molar-refractivity contribution in [1.82, 2.24) is 10.1 Å². The van der Waals surface area contributed by atoms with Crippen molar-refractivity contribution in [2.24, 2.45) is 0 Å². The number of nitrogens with one attached hydrogen (secondary N) is 2. The fourth-order valence-electron chi connectivity index (χ4n) is 1.22. The van der Waals surface area contributed by atoms with E-state index in [4.69, 9.17) is 10.1 Å². The average Bonchev–Trinajstić information content (AvgIpc) is 2.49. The molecule has 0 spiro atoms.